The highest BCUT2D eigenvalue weighted by Crippen LogP contribution is 2.47. The van der Waals surface area contributed by atoms with Crippen LogP contribution in [-0.2, 0) is 11.4 Å². The summed E-state index contributed by atoms with van der Waals surface area (Å²) in [7, 11) is 1.63. The lowest BCUT2D eigenvalue weighted by atomic mass is 9.73. The SMILES string of the molecule is COc1ccc(OCc2cc(C)cc(C3C(C#N)=C(N)N(c4cccc(Cl)c4)C4=C3C(=O)CCC4)c2C)cc1. The lowest BCUT2D eigenvalue weighted by molar-refractivity contribution is -0.116. The molecule has 0 fully saturated rings. The van der Waals surface area contributed by atoms with Crippen molar-refractivity contribution in [2.45, 2.75) is 45.6 Å². The molecule has 198 valence electrons. The van der Waals surface area contributed by atoms with Gasteiger partial charge in [0.05, 0.1) is 24.7 Å². The molecule has 6 nitrogen and oxygen atoms in total. The molecule has 1 atom stereocenters. The fourth-order valence-electron chi connectivity index (χ4n) is 5.55. The molecule has 0 saturated carbocycles. The molecule has 0 bridgehead atoms. The summed E-state index contributed by atoms with van der Waals surface area (Å²) in [5, 5.41) is 11.0. The van der Waals surface area contributed by atoms with E-state index in [0.29, 0.717) is 41.4 Å². The molecule has 1 heterocycles. The number of benzene rings is 3. The van der Waals surface area contributed by atoms with Gasteiger partial charge in [-0.25, -0.2) is 0 Å². The van der Waals surface area contributed by atoms with Gasteiger partial charge in [-0.2, -0.15) is 5.26 Å². The number of rotatable bonds is 6. The van der Waals surface area contributed by atoms with Crippen molar-refractivity contribution in [3.63, 3.8) is 0 Å². The van der Waals surface area contributed by atoms with Gasteiger partial charge in [0, 0.05) is 28.4 Å². The highest BCUT2D eigenvalue weighted by Gasteiger charge is 2.41. The second kappa shape index (κ2) is 10.9. The van der Waals surface area contributed by atoms with Gasteiger partial charge in [-0.05, 0) is 85.8 Å². The van der Waals surface area contributed by atoms with Crippen LogP contribution in [0.1, 0.15) is 47.4 Å². The van der Waals surface area contributed by atoms with Gasteiger partial charge in [-0.1, -0.05) is 35.4 Å². The normalized spacial score (nSPS) is 17.2. The largest absolute Gasteiger partial charge is 0.497 e. The fourth-order valence-corrected chi connectivity index (χ4v) is 5.74. The van der Waals surface area contributed by atoms with E-state index in [-0.39, 0.29) is 5.78 Å². The first-order chi connectivity index (χ1) is 18.8. The van der Waals surface area contributed by atoms with Crippen molar-refractivity contribution < 1.29 is 14.3 Å². The quantitative estimate of drug-likeness (QED) is 0.368. The topological polar surface area (TPSA) is 88.6 Å². The van der Waals surface area contributed by atoms with E-state index in [4.69, 9.17) is 26.8 Å². The second-order valence-electron chi connectivity index (χ2n) is 9.90. The maximum Gasteiger partial charge on any atom is 0.161 e. The number of nitrogens with zero attached hydrogens (tertiary/aromatic N) is 2. The van der Waals surface area contributed by atoms with E-state index in [2.05, 4.69) is 18.2 Å². The van der Waals surface area contributed by atoms with Crippen molar-refractivity contribution in [2.24, 2.45) is 5.73 Å². The van der Waals surface area contributed by atoms with Gasteiger partial charge in [0.15, 0.2) is 5.78 Å². The van der Waals surface area contributed by atoms with Gasteiger partial charge in [0.2, 0.25) is 0 Å². The fraction of sp³-hybridized carbons (Fsp3) is 0.250. The highest BCUT2D eigenvalue weighted by molar-refractivity contribution is 6.30. The third kappa shape index (κ3) is 4.98. The monoisotopic (exact) mass is 539 g/mol. The molecule has 0 amide bonds. The Balaban J connectivity index is 1.60. The van der Waals surface area contributed by atoms with Crippen molar-refractivity contribution in [1.82, 2.24) is 0 Å². The number of carbonyl (C=O) groups excluding carboxylic acids is 1. The predicted molar refractivity (Wildman–Crippen MR) is 153 cm³/mol. The molecule has 2 aliphatic rings. The molecule has 0 saturated heterocycles. The Morgan fingerprint density at radius 1 is 1.08 bits per heavy atom. The number of nitrogens with two attached hydrogens (primary N) is 1. The van der Waals surface area contributed by atoms with Crippen molar-refractivity contribution in [3.8, 4) is 17.6 Å². The van der Waals surface area contributed by atoms with Crippen LogP contribution in [0.3, 0.4) is 0 Å². The lowest BCUT2D eigenvalue weighted by Crippen LogP contribution is -2.39. The molecule has 0 aromatic heterocycles. The molecule has 1 aliphatic carbocycles. The van der Waals surface area contributed by atoms with Gasteiger partial charge in [-0.3, -0.25) is 9.69 Å². The molecule has 0 radical (unpaired) electrons. The van der Waals surface area contributed by atoms with E-state index < -0.39 is 5.92 Å². The number of hydrogen-bond acceptors (Lipinski definition) is 6. The molecule has 5 rings (SSSR count). The van der Waals surface area contributed by atoms with E-state index >= 15 is 0 Å². The van der Waals surface area contributed by atoms with Crippen LogP contribution in [0.25, 0.3) is 0 Å². The Hall–Kier alpha value is -4.21. The summed E-state index contributed by atoms with van der Waals surface area (Å²) in [6.45, 7) is 4.37. The molecule has 3 aromatic rings. The molecule has 1 unspecified atom stereocenters. The number of nitriles is 1. The minimum Gasteiger partial charge on any atom is -0.497 e. The van der Waals surface area contributed by atoms with Gasteiger partial charge in [0.1, 0.15) is 23.9 Å². The number of methoxy groups -OCH3 is 1. The zero-order valence-corrected chi connectivity index (χ0v) is 23.0. The van der Waals surface area contributed by atoms with Crippen LogP contribution in [0.4, 0.5) is 5.69 Å². The molecular formula is C32H30ClN3O3. The van der Waals surface area contributed by atoms with Crippen molar-refractivity contribution in [2.75, 3.05) is 12.0 Å². The number of ether oxygens (including phenoxy) is 2. The maximum atomic E-state index is 13.6. The number of halogens is 1. The summed E-state index contributed by atoms with van der Waals surface area (Å²) in [6, 6.07) is 21.3. The van der Waals surface area contributed by atoms with Gasteiger partial charge >= 0.3 is 0 Å². The Labute approximate surface area is 233 Å². The van der Waals surface area contributed by atoms with Crippen molar-refractivity contribution in [1.29, 1.82) is 5.26 Å². The first kappa shape index (κ1) is 26.4. The van der Waals surface area contributed by atoms with E-state index in [1.54, 1.807) is 19.2 Å². The number of aryl methyl sites for hydroxylation is 1. The van der Waals surface area contributed by atoms with Crippen LogP contribution in [0, 0.1) is 25.2 Å². The Kier molecular flexibility index (Phi) is 7.36. The highest BCUT2D eigenvalue weighted by atomic mass is 35.5. The summed E-state index contributed by atoms with van der Waals surface area (Å²) >= 11 is 6.31. The first-order valence-corrected chi connectivity index (χ1v) is 13.3. The smallest absolute Gasteiger partial charge is 0.161 e. The third-order valence-corrected chi connectivity index (χ3v) is 7.68. The van der Waals surface area contributed by atoms with Crippen LogP contribution >= 0.6 is 11.6 Å². The van der Waals surface area contributed by atoms with E-state index in [1.165, 1.54) is 0 Å². The van der Waals surface area contributed by atoms with Crippen molar-refractivity contribution in [3.05, 3.63) is 111 Å². The summed E-state index contributed by atoms with van der Waals surface area (Å²) < 4.78 is 11.3. The summed E-state index contributed by atoms with van der Waals surface area (Å²) in [5.41, 5.74) is 13.2. The number of hydrogen-bond donors (Lipinski definition) is 1. The average molecular weight is 540 g/mol. The maximum absolute atomic E-state index is 13.6. The Morgan fingerprint density at radius 3 is 2.51 bits per heavy atom. The zero-order chi connectivity index (χ0) is 27.7. The molecule has 1 aliphatic heterocycles. The van der Waals surface area contributed by atoms with E-state index in [1.807, 2.05) is 55.1 Å². The van der Waals surface area contributed by atoms with E-state index in [9.17, 15) is 10.1 Å². The standard InChI is InChI=1S/C32H30ClN3O3/c1-19-14-21(18-39-25-12-10-24(38-3)11-13-25)20(2)26(15-19)30-27(17-34)32(35)36(23-7-4-6-22(33)16-23)28-8-5-9-29(37)31(28)30/h4,6-7,10-16,30H,5,8-9,18,35H2,1-3H3. The van der Waals surface area contributed by atoms with Crippen molar-refractivity contribution >= 4 is 23.1 Å². The lowest BCUT2D eigenvalue weighted by Gasteiger charge is -2.40. The number of allylic oxidation sites excluding steroid dienone is 3. The number of ketones is 1. The molecular weight excluding hydrogens is 510 g/mol. The first-order valence-electron chi connectivity index (χ1n) is 12.9. The van der Waals surface area contributed by atoms with Gasteiger partial charge in [-0.15, -0.1) is 0 Å². The predicted octanol–water partition coefficient (Wildman–Crippen LogP) is 6.85. The van der Waals surface area contributed by atoms with Crippen LogP contribution in [0.2, 0.25) is 5.02 Å². The second-order valence-corrected chi connectivity index (χ2v) is 10.3. The van der Waals surface area contributed by atoms with Crippen LogP contribution in [0.5, 0.6) is 11.5 Å². The average Bonchev–Trinajstić information content (AvgIpc) is 2.93. The van der Waals surface area contributed by atoms with Crippen LogP contribution < -0.4 is 20.1 Å². The van der Waals surface area contributed by atoms with Gasteiger partial charge in [0.25, 0.3) is 0 Å². The molecule has 3 aromatic carbocycles. The summed E-state index contributed by atoms with van der Waals surface area (Å²) in [5.74, 6) is 1.31. The minimum absolute atomic E-state index is 0.0467. The van der Waals surface area contributed by atoms with E-state index in [0.717, 1.165) is 51.6 Å². The molecule has 7 heteroatoms. The van der Waals surface area contributed by atoms with Crippen LogP contribution in [-0.4, -0.2) is 12.9 Å². The number of anilines is 1. The minimum atomic E-state index is -0.548. The summed E-state index contributed by atoms with van der Waals surface area (Å²) in [4.78, 5) is 15.4. The number of carbonyl (C=O) groups is 1. The zero-order valence-electron chi connectivity index (χ0n) is 22.3. The Bertz CT molecular complexity index is 1550. The number of Topliss-reactive ketones (excluding diaryl/α,β-unsaturated/α-hetero) is 1. The molecule has 0 spiro atoms. The summed E-state index contributed by atoms with van der Waals surface area (Å²) in [6.07, 6.45) is 1.85. The third-order valence-electron chi connectivity index (χ3n) is 7.44. The molecule has 2 N–H and O–H groups in total. The van der Waals surface area contributed by atoms with Gasteiger partial charge < -0.3 is 15.2 Å². The Morgan fingerprint density at radius 2 is 1.82 bits per heavy atom. The van der Waals surface area contributed by atoms with Crippen LogP contribution in [0.15, 0.2) is 83.3 Å². The molecule has 39 heavy (non-hydrogen) atoms.